The Hall–Kier alpha value is -3.09. The number of hydrogen-bond donors (Lipinski definition) is 2. The predicted molar refractivity (Wildman–Crippen MR) is 90.7 cm³/mol. The molecule has 2 heterocycles. The summed E-state index contributed by atoms with van der Waals surface area (Å²) in [7, 11) is 0. The van der Waals surface area contributed by atoms with Gasteiger partial charge in [0.15, 0.2) is 5.76 Å². The van der Waals surface area contributed by atoms with Crippen LogP contribution < -0.4 is 15.8 Å². The second kappa shape index (κ2) is 6.80. The summed E-state index contributed by atoms with van der Waals surface area (Å²) in [6.07, 6.45) is 1.48. The third-order valence-corrected chi connectivity index (χ3v) is 4.34. The van der Waals surface area contributed by atoms with Gasteiger partial charge in [0, 0.05) is 18.7 Å². The fourth-order valence-corrected chi connectivity index (χ4v) is 2.72. The van der Waals surface area contributed by atoms with E-state index in [9.17, 15) is 14.4 Å². The molecule has 0 saturated carbocycles. The second-order valence-electron chi connectivity index (χ2n) is 6.09. The first kappa shape index (κ1) is 16.8. The third kappa shape index (κ3) is 3.55. The molecule has 1 aliphatic rings. The zero-order valence-corrected chi connectivity index (χ0v) is 14.0. The molecule has 1 atom stereocenters. The monoisotopic (exact) mass is 341 g/mol. The lowest BCUT2D eigenvalue weighted by atomic mass is 10.1. The molecule has 0 aliphatic carbocycles. The Morgan fingerprint density at radius 1 is 1.16 bits per heavy atom. The molecule has 7 nitrogen and oxygen atoms in total. The van der Waals surface area contributed by atoms with E-state index in [2.05, 4.69) is 10.9 Å². The Labute approximate surface area is 145 Å². The highest BCUT2D eigenvalue weighted by molar-refractivity contribution is 6.01. The summed E-state index contributed by atoms with van der Waals surface area (Å²) in [5.74, 6) is -1.49. The molecule has 7 heteroatoms. The second-order valence-corrected chi connectivity index (χ2v) is 6.09. The van der Waals surface area contributed by atoms with Crippen LogP contribution >= 0.6 is 0 Å². The summed E-state index contributed by atoms with van der Waals surface area (Å²) in [4.78, 5) is 37.8. The van der Waals surface area contributed by atoms with E-state index in [0.29, 0.717) is 0 Å². The van der Waals surface area contributed by atoms with Crippen LogP contribution in [0.25, 0.3) is 0 Å². The van der Waals surface area contributed by atoms with Crippen LogP contribution in [0.1, 0.15) is 28.1 Å². The Bertz CT molecular complexity index is 814. The zero-order chi connectivity index (χ0) is 18.0. The number of aryl methyl sites for hydroxylation is 2. The van der Waals surface area contributed by atoms with Crippen LogP contribution in [0.2, 0.25) is 0 Å². The van der Waals surface area contributed by atoms with Gasteiger partial charge in [-0.05, 0) is 49.2 Å². The molecular weight excluding hydrogens is 322 g/mol. The van der Waals surface area contributed by atoms with E-state index >= 15 is 0 Å². The van der Waals surface area contributed by atoms with Gasteiger partial charge >= 0.3 is 5.91 Å². The molecule has 1 aromatic heterocycles. The number of furan rings is 1. The van der Waals surface area contributed by atoms with Gasteiger partial charge in [0.05, 0.1) is 12.2 Å². The Balaban J connectivity index is 1.60. The van der Waals surface area contributed by atoms with Crippen molar-refractivity contribution >= 4 is 23.4 Å². The zero-order valence-electron chi connectivity index (χ0n) is 14.0. The van der Waals surface area contributed by atoms with Gasteiger partial charge in [-0.1, -0.05) is 6.07 Å². The van der Waals surface area contributed by atoms with E-state index in [1.807, 2.05) is 32.0 Å². The highest BCUT2D eigenvalue weighted by Gasteiger charge is 2.35. The van der Waals surface area contributed by atoms with Gasteiger partial charge in [-0.15, -0.1) is 0 Å². The first-order chi connectivity index (χ1) is 12.0. The number of carbonyl (C=O) groups excluding carboxylic acids is 3. The number of hydrazine groups is 1. The Morgan fingerprint density at radius 3 is 2.64 bits per heavy atom. The van der Waals surface area contributed by atoms with Crippen LogP contribution in [0.3, 0.4) is 0 Å². The lowest BCUT2D eigenvalue weighted by Gasteiger charge is -2.18. The molecular formula is C18H19N3O4. The molecule has 0 radical (unpaired) electrons. The lowest BCUT2D eigenvalue weighted by molar-refractivity contribution is -0.126. The number of anilines is 1. The molecule has 0 spiro atoms. The predicted octanol–water partition coefficient (Wildman–Crippen LogP) is 1.71. The molecule has 3 rings (SSSR count). The number of nitrogens with one attached hydrogen (secondary N) is 2. The van der Waals surface area contributed by atoms with Crippen LogP contribution in [-0.2, 0) is 9.59 Å². The summed E-state index contributed by atoms with van der Waals surface area (Å²) in [6.45, 7) is 4.26. The smallest absolute Gasteiger partial charge is 0.305 e. The minimum Gasteiger partial charge on any atom is -0.459 e. The van der Waals surface area contributed by atoms with E-state index in [1.54, 1.807) is 11.0 Å². The molecule has 1 fully saturated rings. The Morgan fingerprint density at radius 2 is 1.96 bits per heavy atom. The molecule has 3 amide bonds. The maximum absolute atomic E-state index is 12.3. The third-order valence-electron chi connectivity index (χ3n) is 4.34. The van der Waals surface area contributed by atoms with Crippen LogP contribution in [0.15, 0.2) is 41.0 Å². The minimum atomic E-state index is -0.548. The van der Waals surface area contributed by atoms with E-state index < -0.39 is 17.7 Å². The number of amides is 3. The van der Waals surface area contributed by atoms with E-state index in [4.69, 9.17) is 4.42 Å². The quantitative estimate of drug-likeness (QED) is 0.832. The Kier molecular flexibility index (Phi) is 4.56. The standard InChI is InChI=1S/C18H19N3O4/c1-11-5-6-14(8-12(11)2)21-10-13(9-16(21)22)17(23)19-20-18(24)15-4-3-7-25-15/h3-8,13H,9-10H2,1-2H3,(H,19,23)(H,20,24)/t13-/m1/s1. The summed E-state index contributed by atoms with van der Waals surface area (Å²) >= 11 is 0. The first-order valence-electron chi connectivity index (χ1n) is 7.97. The van der Waals surface area contributed by atoms with Gasteiger partial charge in [-0.3, -0.25) is 25.2 Å². The van der Waals surface area contributed by atoms with Gasteiger partial charge in [0.1, 0.15) is 0 Å². The molecule has 25 heavy (non-hydrogen) atoms. The van der Waals surface area contributed by atoms with Crippen molar-refractivity contribution in [2.45, 2.75) is 20.3 Å². The number of rotatable bonds is 3. The lowest BCUT2D eigenvalue weighted by Crippen LogP contribution is -2.45. The molecule has 2 aromatic rings. The van der Waals surface area contributed by atoms with Gasteiger partial charge in [-0.2, -0.15) is 0 Å². The van der Waals surface area contributed by atoms with Crippen molar-refractivity contribution in [1.29, 1.82) is 0 Å². The van der Waals surface area contributed by atoms with Crippen LogP contribution in [0.4, 0.5) is 5.69 Å². The van der Waals surface area contributed by atoms with Crippen molar-refractivity contribution < 1.29 is 18.8 Å². The van der Waals surface area contributed by atoms with Gasteiger partial charge in [0.2, 0.25) is 11.8 Å². The van der Waals surface area contributed by atoms with Crippen LogP contribution in [0, 0.1) is 19.8 Å². The van der Waals surface area contributed by atoms with Gasteiger partial charge < -0.3 is 9.32 Å². The summed E-state index contributed by atoms with van der Waals surface area (Å²) in [5.41, 5.74) is 7.65. The molecule has 1 saturated heterocycles. The van der Waals surface area contributed by atoms with Crippen molar-refractivity contribution in [1.82, 2.24) is 10.9 Å². The summed E-state index contributed by atoms with van der Waals surface area (Å²) < 4.78 is 4.94. The van der Waals surface area contributed by atoms with Crippen molar-refractivity contribution in [3.05, 3.63) is 53.5 Å². The molecule has 130 valence electrons. The summed E-state index contributed by atoms with van der Waals surface area (Å²) in [6, 6.07) is 8.83. The SMILES string of the molecule is Cc1ccc(N2C[C@H](C(=O)NNC(=O)c3ccco3)CC2=O)cc1C. The highest BCUT2D eigenvalue weighted by atomic mass is 16.3. The maximum atomic E-state index is 12.3. The van der Waals surface area contributed by atoms with Crippen LogP contribution in [0.5, 0.6) is 0 Å². The molecule has 1 aromatic carbocycles. The number of benzene rings is 1. The number of carbonyl (C=O) groups is 3. The minimum absolute atomic E-state index is 0.0968. The number of hydrogen-bond acceptors (Lipinski definition) is 4. The van der Waals surface area contributed by atoms with Crippen molar-refractivity contribution in [2.75, 3.05) is 11.4 Å². The maximum Gasteiger partial charge on any atom is 0.305 e. The van der Waals surface area contributed by atoms with E-state index in [0.717, 1.165) is 16.8 Å². The fraction of sp³-hybridized carbons (Fsp3) is 0.278. The van der Waals surface area contributed by atoms with Gasteiger partial charge in [-0.25, -0.2) is 0 Å². The van der Waals surface area contributed by atoms with Gasteiger partial charge in [0.25, 0.3) is 0 Å². The summed E-state index contributed by atoms with van der Waals surface area (Å²) in [5, 5.41) is 0. The average molecular weight is 341 g/mol. The number of nitrogens with zero attached hydrogens (tertiary/aromatic N) is 1. The molecule has 2 N–H and O–H groups in total. The normalized spacial score (nSPS) is 16.8. The van der Waals surface area contributed by atoms with E-state index in [-0.39, 0.29) is 24.6 Å². The first-order valence-corrected chi connectivity index (χ1v) is 7.97. The highest BCUT2D eigenvalue weighted by Crippen LogP contribution is 2.26. The van der Waals surface area contributed by atoms with Crippen molar-refractivity contribution in [3.63, 3.8) is 0 Å². The fourth-order valence-electron chi connectivity index (χ4n) is 2.72. The molecule has 1 aliphatic heterocycles. The molecule has 0 bridgehead atoms. The van der Waals surface area contributed by atoms with Crippen molar-refractivity contribution in [3.8, 4) is 0 Å². The van der Waals surface area contributed by atoms with Crippen molar-refractivity contribution in [2.24, 2.45) is 5.92 Å². The topological polar surface area (TPSA) is 91.7 Å². The van der Waals surface area contributed by atoms with E-state index in [1.165, 1.54) is 12.3 Å². The average Bonchev–Trinajstić information content (AvgIpc) is 3.24. The molecule has 0 unspecified atom stereocenters. The van der Waals surface area contributed by atoms with Crippen LogP contribution in [-0.4, -0.2) is 24.3 Å². The largest absolute Gasteiger partial charge is 0.459 e.